The van der Waals surface area contributed by atoms with Crippen LogP contribution < -0.4 is 0 Å². The van der Waals surface area contributed by atoms with Crippen molar-refractivity contribution in [2.24, 2.45) is 17.8 Å². The van der Waals surface area contributed by atoms with E-state index in [4.69, 9.17) is 5.26 Å². The van der Waals surface area contributed by atoms with Crippen LogP contribution in [0, 0.1) is 29.1 Å². The van der Waals surface area contributed by atoms with E-state index in [0.717, 1.165) is 30.1 Å². The van der Waals surface area contributed by atoms with Crippen LogP contribution in [0.15, 0.2) is 60.5 Å². The Labute approximate surface area is 195 Å². The predicted molar refractivity (Wildman–Crippen MR) is 133 cm³/mol. The van der Waals surface area contributed by atoms with Crippen LogP contribution in [0.1, 0.15) is 94.6 Å². The first-order valence-corrected chi connectivity index (χ1v) is 12.9. The summed E-state index contributed by atoms with van der Waals surface area (Å²) in [6, 6.07) is 10.9. The molecule has 3 rings (SSSR count). The number of hydrogen-bond acceptors (Lipinski definition) is 1. The maximum absolute atomic E-state index is 12.7. The van der Waals surface area contributed by atoms with E-state index in [-0.39, 0.29) is 0 Å². The fraction of sp³-hybridized carbons (Fsp3) is 0.567. The molecular weight excluding hydrogens is 393 g/mol. The fourth-order valence-electron chi connectivity index (χ4n) is 5.49. The van der Waals surface area contributed by atoms with Crippen molar-refractivity contribution in [1.29, 1.82) is 5.26 Å². The zero-order chi connectivity index (χ0) is 22.6. The van der Waals surface area contributed by atoms with Crippen molar-refractivity contribution in [3.05, 3.63) is 71.6 Å². The zero-order valence-corrected chi connectivity index (χ0v) is 19.8. The first-order valence-electron chi connectivity index (χ1n) is 12.9. The van der Waals surface area contributed by atoms with E-state index < -0.39 is 5.83 Å². The lowest BCUT2D eigenvalue weighted by molar-refractivity contribution is 0.295. The van der Waals surface area contributed by atoms with Gasteiger partial charge in [0.05, 0.1) is 0 Å². The second kappa shape index (κ2) is 13.4. The van der Waals surface area contributed by atoms with Crippen molar-refractivity contribution in [3.8, 4) is 6.07 Å². The Morgan fingerprint density at radius 1 is 0.969 bits per heavy atom. The summed E-state index contributed by atoms with van der Waals surface area (Å²) in [4.78, 5) is 0. The number of hydrogen-bond donors (Lipinski definition) is 0. The summed E-state index contributed by atoms with van der Waals surface area (Å²) >= 11 is 0. The Bertz CT molecular complexity index is 794. The highest BCUT2D eigenvalue weighted by molar-refractivity contribution is 5.26. The molecule has 0 radical (unpaired) electrons. The van der Waals surface area contributed by atoms with Crippen molar-refractivity contribution in [1.82, 2.24) is 0 Å². The van der Waals surface area contributed by atoms with Crippen LogP contribution in [0.4, 0.5) is 4.39 Å². The molecule has 0 N–H and O–H groups in total. The summed E-state index contributed by atoms with van der Waals surface area (Å²) in [5.41, 5.74) is 3.02. The fourth-order valence-corrected chi connectivity index (χ4v) is 5.49. The molecule has 32 heavy (non-hydrogen) atoms. The molecule has 2 aliphatic rings. The molecule has 172 valence electrons. The lowest BCUT2D eigenvalue weighted by Crippen LogP contribution is -2.14. The molecule has 1 nitrogen and oxygen atoms in total. The number of benzene rings is 1. The Balaban J connectivity index is 1.33. The van der Waals surface area contributed by atoms with E-state index in [0.29, 0.717) is 0 Å². The molecular formula is C30H40FN. The molecule has 2 heteroatoms. The molecule has 1 aromatic rings. The highest BCUT2D eigenvalue weighted by atomic mass is 19.1. The maximum Gasteiger partial charge on any atom is 0.199 e. The molecule has 0 bridgehead atoms. The second-order valence-electron chi connectivity index (χ2n) is 9.90. The van der Waals surface area contributed by atoms with Crippen LogP contribution in [-0.4, -0.2) is 0 Å². The van der Waals surface area contributed by atoms with Gasteiger partial charge in [-0.15, -0.1) is 0 Å². The quantitative estimate of drug-likeness (QED) is 0.216. The summed E-state index contributed by atoms with van der Waals surface area (Å²) in [5.74, 6) is 2.37. The van der Waals surface area contributed by atoms with Crippen molar-refractivity contribution in [3.63, 3.8) is 0 Å². The van der Waals surface area contributed by atoms with E-state index in [1.165, 1.54) is 88.3 Å². The van der Waals surface area contributed by atoms with Crippen molar-refractivity contribution in [2.45, 2.75) is 89.9 Å². The standard InChI is InChI=1S/C30H40FN/c1-2-6-24-15-19-28(20-16-24)29-21-17-27(18-22-29)14-13-26-11-9-25(10-12-26)7-4-3-5-8-30(31)23-32/h3,5,8,13-16,19-20,25-27,29H,2,4,6-7,9-12,17-18,21-22H2,1H3/t25-,26-,27-,29-. The summed E-state index contributed by atoms with van der Waals surface area (Å²) in [6.07, 6.45) is 25.1. The summed E-state index contributed by atoms with van der Waals surface area (Å²) in [7, 11) is 0. The normalized spacial score (nSPS) is 27.1. The van der Waals surface area contributed by atoms with E-state index >= 15 is 0 Å². The van der Waals surface area contributed by atoms with Crippen LogP contribution in [-0.2, 0) is 6.42 Å². The lowest BCUT2D eigenvalue weighted by atomic mass is 9.77. The van der Waals surface area contributed by atoms with Gasteiger partial charge in [0.25, 0.3) is 0 Å². The van der Waals surface area contributed by atoms with Crippen molar-refractivity contribution in [2.75, 3.05) is 0 Å². The molecule has 0 aliphatic heterocycles. The second-order valence-corrected chi connectivity index (χ2v) is 9.90. The molecule has 2 fully saturated rings. The topological polar surface area (TPSA) is 23.8 Å². The van der Waals surface area contributed by atoms with E-state index in [1.807, 2.05) is 6.08 Å². The number of rotatable bonds is 9. The predicted octanol–water partition coefficient (Wildman–Crippen LogP) is 8.99. The highest BCUT2D eigenvalue weighted by Crippen LogP contribution is 2.38. The minimum absolute atomic E-state index is 0.719. The largest absolute Gasteiger partial charge is 0.199 e. The van der Waals surface area contributed by atoms with Gasteiger partial charge in [-0.3, -0.25) is 0 Å². The average molecular weight is 434 g/mol. The van der Waals surface area contributed by atoms with Crippen LogP contribution in [0.5, 0.6) is 0 Å². The van der Waals surface area contributed by atoms with Crippen LogP contribution in [0.3, 0.4) is 0 Å². The molecule has 0 aromatic heterocycles. The smallest absolute Gasteiger partial charge is 0.195 e. The van der Waals surface area contributed by atoms with Gasteiger partial charge >= 0.3 is 0 Å². The molecule has 2 saturated carbocycles. The average Bonchev–Trinajstić information content (AvgIpc) is 2.84. The third kappa shape index (κ3) is 8.09. The zero-order valence-electron chi connectivity index (χ0n) is 19.8. The Hall–Kier alpha value is -2.14. The molecule has 0 spiro atoms. The third-order valence-corrected chi connectivity index (χ3v) is 7.54. The molecule has 2 aliphatic carbocycles. The Kier molecular flexibility index (Phi) is 10.3. The molecule has 0 saturated heterocycles. The van der Waals surface area contributed by atoms with Gasteiger partial charge in [-0.25, -0.2) is 0 Å². The number of allylic oxidation sites excluding steroid dienone is 6. The third-order valence-electron chi connectivity index (χ3n) is 7.54. The summed E-state index contributed by atoms with van der Waals surface area (Å²) in [6.45, 7) is 2.25. The Morgan fingerprint density at radius 3 is 2.19 bits per heavy atom. The summed E-state index contributed by atoms with van der Waals surface area (Å²) < 4.78 is 12.7. The first-order chi connectivity index (χ1) is 15.7. The van der Waals surface area contributed by atoms with Gasteiger partial charge in [-0.2, -0.15) is 9.65 Å². The van der Waals surface area contributed by atoms with Crippen LogP contribution in [0.25, 0.3) is 0 Å². The maximum atomic E-state index is 12.7. The van der Waals surface area contributed by atoms with Gasteiger partial charge < -0.3 is 0 Å². The summed E-state index contributed by atoms with van der Waals surface area (Å²) in [5, 5.41) is 8.40. The highest BCUT2D eigenvalue weighted by Gasteiger charge is 2.22. The van der Waals surface area contributed by atoms with E-state index in [2.05, 4.69) is 43.3 Å². The van der Waals surface area contributed by atoms with Gasteiger partial charge in [0.15, 0.2) is 5.83 Å². The Morgan fingerprint density at radius 2 is 1.59 bits per heavy atom. The molecule has 0 unspecified atom stereocenters. The van der Waals surface area contributed by atoms with Gasteiger partial charge in [0.1, 0.15) is 6.07 Å². The molecule has 0 amide bonds. The van der Waals surface area contributed by atoms with Gasteiger partial charge in [-0.05, 0) is 112 Å². The van der Waals surface area contributed by atoms with Crippen molar-refractivity contribution >= 4 is 0 Å². The number of aryl methyl sites for hydroxylation is 1. The van der Waals surface area contributed by atoms with Gasteiger partial charge in [-0.1, -0.05) is 61.9 Å². The van der Waals surface area contributed by atoms with Crippen LogP contribution in [0.2, 0.25) is 0 Å². The molecule has 0 heterocycles. The minimum atomic E-state index is -0.719. The number of nitriles is 1. The van der Waals surface area contributed by atoms with Gasteiger partial charge in [0, 0.05) is 0 Å². The van der Waals surface area contributed by atoms with Gasteiger partial charge in [0.2, 0.25) is 0 Å². The van der Waals surface area contributed by atoms with E-state index in [1.54, 1.807) is 11.6 Å². The minimum Gasteiger partial charge on any atom is -0.195 e. The molecule has 0 atom stereocenters. The first kappa shape index (κ1) is 24.5. The number of halogens is 1. The SMILES string of the molecule is CCCc1ccc([C@H]2CC[C@H](C=C[C@H]3CC[C@H](CCC=CC=C(F)C#N)CC3)CC2)cc1. The van der Waals surface area contributed by atoms with Crippen LogP contribution >= 0.6 is 0 Å². The monoisotopic (exact) mass is 433 g/mol. The van der Waals surface area contributed by atoms with E-state index in [9.17, 15) is 4.39 Å². The lowest BCUT2D eigenvalue weighted by Gasteiger charge is -2.29. The number of nitrogens with zero attached hydrogens (tertiary/aromatic N) is 1. The van der Waals surface area contributed by atoms with Crippen molar-refractivity contribution < 1.29 is 4.39 Å². The molecule has 1 aromatic carbocycles.